The molecule has 0 saturated carbocycles. The van der Waals surface area contributed by atoms with E-state index in [9.17, 15) is 9.59 Å². The highest BCUT2D eigenvalue weighted by Gasteiger charge is 2.22. The topological polar surface area (TPSA) is 48.3 Å². The van der Waals surface area contributed by atoms with Gasteiger partial charge in [0, 0.05) is 17.8 Å². The van der Waals surface area contributed by atoms with Crippen molar-refractivity contribution in [2.45, 2.75) is 39.7 Å². The number of pyridine rings is 1. The molecule has 1 aromatic heterocycles. The molecule has 0 saturated heterocycles. The summed E-state index contributed by atoms with van der Waals surface area (Å²) in [4.78, 5) is 24.2. The largest absolute Gasteiger partial charge is 0.462 e. The van der Waals surface area contributed by atoms with E-state index in [0.29, 0.717) is 23.4 Å². The molecule has 0 atom stereocenters. The van der Waals surface area contributed by atoms with Gasteiger partial charge in [-0.15, -0.1) is 0 Å². The molecule has 0 fully saturated rings. The predicted molar refractivity (Wildman–Crippen MR) is 73.5 cm³/mol. The number of nitrogens with zero attached hydrogens (tertiary/aromatic N) is 1. The molecule has 1 heterocycles. The standard InChI is InChI=1S/C15H19NO3/c1-4-19-15(18)14-10(2)9-13(17)16(11(14)3)12-7-5-6-8-12/h5-6,9,12H,4,7-8H2,1-3H3. The SMILES string of the molecule is CCOC(=O)c1c(C)cc(=O)n(C2CC=CC2)c1C. The van der Waals surface area contributed by atoms with Crippen molar-refractivity contribution in [1.82, 2.24) is 4.57 Å². The Hall–Kier alpha value is -1.84. The molecule has 102 valence electrons. The number of carbonyl (C=O) groups excluding carboxylic acids is 1. The first kappa shape index (κ1) is 13.6. The molecule has 0 amide bonds. The summed E-state index contributed by atoms with van der Waals surface area (Å²) in [5.74, 6) is -0.350. The van der Waals surface area contributed by atoms with Crippen LogP contribution in [0.3, 0.4) is 0 Å². The molecule has 0 spiro atoms. The van der Waals surface area contributed by atoms with E-state index in [1.54, 1.807) is 18.4 Å². The Bertz CT molecular complexity index is 576. The van der Waals surface area contributed by atoms with Crippen LogP contribution in [0.2, 0.25) is 0 Å². The van der Waals surface area contributed by atoms with Crippen LogP contribution in [0.5, 0.6) is 0 Å². The minimum atomic E-state index is -0.350. The van der Waals surface area contributed by atoms with Crippen molar-refractivity contribution in [3.8, 4) is 0 Å². The van der Waals surface area contributed by atoms with Crippen molar-refractivity contribution in [2.24, 2.45) is 0 Å². The lowest BCUT2D eigenvalue weighted by molar-refractivity contribution is 0.0523. The average Bonchev–Trinajstić information content (AvgIpc) is 2.82. The summed E-state index contributed by atoms with van der Waals surface area (Å²) in [7, 11) is 0. The fraction of sp³-hybridized carbons (Fsp3) is 0.467. The molecule has 1 aromatic rings. The van der Waals surface area contributed by atoms with Gasteiger partial charge in [0.15, 0.2) is 0 Å². The summed E-state index contributed by atoms with van der Waals surface area (Å²) in [6, 6.07) is 1.65. The van der Waals surface area contributed by atoms with Crippen molar-refractivity contribution < 1.29 is 9.53 Å². The van der Waals surface area contributed by atoms with Gasteiger partial charge in [-0.2, -0.15) is 0 Å². The molecule has 0 N–H and O–H groups in total. The highest BCUT2D eigenvalue weighted by atomic mass is 16.5. The minimum Gasteiger partial charge on any atom is -0.462 e. The van der Waals surface area contributed by atoms with Gasteiger partial charge >= 0.3 is 5.97 Å². The first-order chi connectivity index (χ1) is 9.06. The Morgan fingerprint density at radius 2 is 2.00 bits per heavy atom. The first-order valence-corrected chi connectivity index (χ1v) is 6.61. The molecule has 4 heteroatoms. The van der Waals surface area contributed by atoms with Gasteiger partial charge in [0.05, 0.1) is 12.2 Å². The lowest BCUT2D eigenvalue weighted by Crippen LogP contribution is -2.28. The molecular formula is C15H19NO3. The summed E-state index contributed by atoms with van der Waals surface area (Å²) in [6.07, 6.45) is 5.82. The van der Waals surface area contributed by atoms with E-state index in [1.165, 1.54) is 6.07 Å². The molecule has 0 radical (unpaired) electrons. The monoisotopic (exact) mass is 261 g/mol. The van der Waals surface area contributed by atoms with E-state index in [0.717, 1.165) is 12.8 Å². The van der Waals surface area contributed by atoms with Crippen LogP contribution in [0.15, 0.2) is 23.0 Å². The van der Waals surface area contributed by atoms with Crippen molar-refractivity contribution >= 4 is 5.97 Å². The number of aromatic nitrogens is 1. The summed E-state index contributed by atoms with van der Waals surface area (Å²) in [5.41, 5.74) is 1.87. The van der Waals surface area contributed by atoms with Gasteiger partial charge in [0.2, 0.25) is 0 Å². The molecule has 1 aliphatic rings. The number of allylic oxidation sites excluding steroid dienone is 2. The van der Waals surface area contributed by atoms with E-state index in [-0.39, 0.29) is 17.6 Å². The number of hydrogen-bond acceptors (Lipinski definition) is 3. The van der Waals surface area contributed by atoms with Crippen molar-refractivity contribution in [1.29, 1.82) is 0 Å². The van der Waals surface area contributed by atoms with E-state index in [2.05, 4.69) is 12.2 Å². The number of hydrogen-bond donors (Lipinski definition) is 0. The van der Waals surface area contributed by atoms with Gasteiger partial charge in [-0.3, -0.25) is 4.79 Å². The number of ether oxygens (including phenoxy) is 1. The molecule has 0 aliphatic heterocycles. The van der Waals surface area contributed by atoms with Crippen LogP contribution < -0.4 is 5.56 Å². The fourth-order valence-electron chi connectivity index (χ4n) is 2.68. The third-order valence-electron chi connectivity index (χ3n) is 3.52. The van der Waals surface area contributed by atoms with Gasteiger partial charge in [-0.05, 0) is 39.2 Å². The van der Waals surface area contributed by atoms with Crippen LogP contribution in [0.1, 0.15) is 47.4 Å². The molecule has 0 bridgehead atoms. The van der Waals surface area contributed by atoms with Gasteiger partial charge < -0.3 is 9.30 Å². The van der Waals surface area contributed by atoms with Gasteiger partial charge in [0.1, 0.15) is 0 Å². The first-order valence-electron chi connectivity index (χ1n) is 6.61. The number of aryl methyl sites for hydroxylation is 1. The van der Waals surface area contributed by atoms with Crippen LogP contribution in [0.4, 0.5) is 0 Å². The number of esters is 1. The van der Waals surface area contributed by atoms with Crippen LogP contribution in [-0.4, -0.2) is 17.1 Å². The van der Waals surface area contributed by atoms with E-state index < -0.39 is 0 Å². The number of carbonyl (C=O) groups is 1. The molecule has 2 rings (SSSR count). The summed E-state index contributed by atoms with van der Waals surface area (Å²) < 4.78 is 6.80. The summed E-state index contributed by atoms with van der Waals surface area (Å²) in [6.45, 7) is 5.71. The fourth-order valence-corrected chi connectivity index (χ4v) is 2.68. The maximum atomic E-state index is 12.2. The third-order valence-corrected chi connectivity index (χ3v) is 3.52. The highest BCUT2D eigenvalue weighted by molar-refractivity contribution is 5.92. The second-order valence-electron chi connectivity index (χ2n) is 4.81. The Morgan fingerprint density at radius 1 is 1.37 bits per heavy atom. The molecular weight excluding hydrogens is 242 g/mol. The zero-order valence-electron chi connectivity index (χ0n) is 11.6. The molecule has 4 nitrogen and oxygen atoms in total. The lowest BCUT2D eigenvalue weighted by Gasteiger charge is -2.20. The normalized spacial score (nSPS) is 14.9. The van der Waals surface area contributed by atoms with Crippen molar-refractivity contribution in [3.05, 3.63) is 45.4 Å². The van der Waals surface area contributed by atoms with E-state index >= 15 is 0 Å². The molecule has 19 heavy (non-hydrogen) atoms. The minimum absolute atomic E-state index is 0.0447. The van der Waals surface area contributed by atoms with Crippen LogP contribution in [0, 0.1) is 13.8 Å². The predicted octanol–water partition coefficient (Wildman–Crippen LogP) is 2.53. The quantitative estimate of drug-likeness (QED) is 0.620. The summed E-state index contributed by atoms with van der Waals surface area (Å²) >= 11 is 0. The zero-order chi connectivity index (χ0) is 14.0. The Labute approximate surface area is 112 Å². The Kier molecular flexibility index (Phi) is 3.88. The molecule has 0 unspecified atom stereocenters. The van der Waals surface area contributed by atoms with Crippen LogP contribution >= 0.6 is 0 Å². The van der Waals surface area contributed by atoms with Crippen LogP contribution in [0.25, 0.3) is 0 Å². The third kappa shape index (κ3) is 2.48. The smallest absolute Gasteiger partial charge is 0.340 e. The van der Waals surface area contributed by atoms with Gasteiger partial charge in [0.25, 0.3) is 5.56 Å². The zero-order valence-corrected chi connectivity index (χ0v) is 11.6. The Balaban J connectivity index is 2.53. The highest BCUT2D eigenvalue weighted by Crippen LogP contribution is 2.25. The lowest BCUT2D eigenvalue weighted by atomic mass is 10.1. The Morgan fingerprint density at radius 3 is 2.58 bits per heavy atom. The van der Waals surface area contributed by atoms with E-state index in [4.69, 9.17) is 4.74 Å². The van der Waals surface area contributed by atoms with E-state index in [1.807, 2.05) is 6.92 Å². The maximum Gasteiger partial charge on any atom is 0.340 e. The maximum absolute atomic E-state index is 12.2. The second kappa shape index (κ2) is 5.43. The van der Waals surface area contributed by atoms with Crippen molar-refractivity contribution in [2.75, 3.05) is 6.61 Å². The van der Waals surface area contributed by atoms with Crippen LogP contribution in [-0.2, 0) is 4.74 Å². The van der Waals surface area contributed by atoms with Crippen molar-refractivity contribution in [3.63, 3.8) is 0 Å². The summed E-state index contributed by atoms with van der Waals surface area (Å²) in [5, 5.41) is 0. The average molecular weight is 261 g/mol. The second-order valence-corrected chi connectivity index (χ2v) is 4.81. The van der Waals surface area contributed by atoms with Gasteiger partial charge in [-0.1, -0.05) is 12.2 Å². The molecule has 1 aliphatic carbocycles. The molecule has 0 aromatic carbocycles. The number of rotatable bonds is 3. The van der Waals surface area contributed by atoms with Gasteiger partial charge in [-0.25, -0.2) is 4.79 Å².